The summed E-state index contributed by atoms with van der Waals surface area (Å²) in [5.41, 5.74) is -0.450. The number of rotatable bonds is 11. The van der Waals surface area contributed by atoms with Gasteiger partial charge in [-0.05, 0) is 51.2 Å². The van der Waals surface area contributed by atoms with Gasteiger partial charge < -0.3 is 19.3 Å². The topological polar surface area (TPSA) is 119 Å². The third-order valence-corrected chi connectivity index (χ3v) is 8.33. The Morgan fingerprint density at radius 3 is 2.49 bits per heavy atom. The zero-order valence-corrected chi connectivity index (χ0v) is 22.5. The van der Waals surface area contributed by atoms with E-state index < -0.39 is 36.4 Å². The number of nitrogens with zero attached hydrogens (tertiary/aromatic N) is 2. The van der Waals surface area contributed by atoms with Crippen LogP contribution in [0.2, 0.25) is 0 Å². The third-order valence-electron chi connectivity index (χ3n) is 6.59. The molecule has 2 fully saturated rings. The van der Waals surface area contributed by atoms with Crippen molar-refractivity contribution in [1.29, 1.82) is 0 Å². The Hall–Kier alpha value is -1.79. The number of ether oxygens (including phenoxy) is 1. The van der Waals surface area contributed by atoms with Crippen LogP contribution in [0.5, 0.6) is 5.75 Å². The van der Waals surface area contributed by atoms with Crippen LogP contribution in [0.15, 0.2) is 28.5 Å². The Morgan fingerprint density at radius 2 is 1.92 bits per heavy atom. The van der Waals surface area contributed by atoms with Crippen LogP contribution in [0.25, 0.3) is 10.9 Å². The van der Waals surface area contributed by atoms with Crippen molar-refractivity contribution < 1.29 is 37.0 Å². The summed E-state index contributed by atoms with van der Waals surface area (Å²) in [6.07, 6.45) is 3.80. The zero-order chi connectivity index (χ0) is 27.6. The first-order valence-electron chi connectivity index (χ1n) is 12.6. The van der Waals surface area contributed by atoms with Crippen LogP contribution < -0.4 is 20.2 Å². The molecule has 1 saturated heterocycles. The van der Waals surface area contributed by atoms with Gasteiger partial charge in [0.05, 0.1) is 37.8 Å². The summed E-state index contributed by atoms with van der Waals surface area (Å²) in [4.78, 5) is 26.2. The SMILES string of the molecule is CCOP(=O)(NC/C(F)=C1/CCCN(c2c(F)cc3c(=O)c(C(=O)O)cn(C4CC4)c3c2OC)C1)OCC.[NaH]. The molecule has 10 nitrogen and oxygen atoms in total. The molecule has 14 heteroatoms. The number of hydrogen-bond acceptors (Lipinski definition) is 7. The van der Waals surface area contributed by atoms with Crippen LogP contribution in [-0.2, 0) is 13.6 Å². The van der Waals surface area contributed by atoms with E-state index in [0.717, 1.165) is 18.9 Å². The van der Waals surface area contributed by atoms with Crippen molar-refractivity contribution >= 4 is 59.9 Å². The molecule has 2 N–H and O–H groups in total. The number of carboxylic acids is 1. The predicted molar refractivity (Wildman–Crippen MR) is 146 cm³/mol. The molecule has 4 rings (SSSR count). The second-order valence-electron chi connectivity index (χ2n) is 9.15. The van der Waals surface area contributed by atoms with E-state index in [1.165, 1.54) is 13.3 Å². The van der Waals surface area contributed by atoms with Gasteiger partial charge in [-0.25, -0.2) is 23.2 Å². The first-order chi connectivity index (χ1) is 18.1. The Labute approximate surface area is 247 Å². The van der Waals surface area contributed by atoms with Crippen molar-refractivity contribution in [2.75, 3.05) is 44.9 Å². The Morgan fingerprint density at radius 1 is 1.26 bits per heavy atom. The standard InChI is InChI=1S/C25H32F2N3O7P.Na.H/c1-4-36-38(34,37-5-2)28-12-20(27)15-7-6-10-29(13-15)22-19(26)11-17-21(24(22)35-3)30(16-8-9-16)14-18(23(17)31)25(32)33;;/h11,14,16H,4-10,12-13H2,1-3H3,(H,28,34)(H,32,33);;/b20-15+;;. The molecule has 0 atom stereocenters. The van der Waals surface area contributed by atoms with Gasteiger partial charge in [-0.3, -0.25) is 13.8 Å². The van der Waals surface area contributed by atoms with Gasteiger partial charge in [0.1, 0.15) is 17.1 Å². The molecule has 1 aliphatic carbocycles. The number of benzene rings is 1. The number of anilines is 1. The quantitative estimate of drug-likeness (QED) is 0.299. The second kappa shape index (κ2) is 13.2. The van der Waals surface area contributed by atoms with Gasteiger partial charge in [-0.1, -0.05) is 0 Å². The van der Waals surface area contributed by atoms with E-state index in [9.17, 15) is 19.3 Å². The number of methoxy groups -OCH3 is 1. The van der Waals surface area contributed by atoms with Crippen LogP contribution in [0.3, 0.4) is 0 Å². The van der Waals surface area contributed by atoms with Crippen molar-refractivity contribution in [3.63, 3.8) is 0 Å². The van der Waals surface area contributed by atoms with Crippen LogP contribution in [0, 0.1) is 5.82 Å². The number of nitrogens with one attached hydrogen (secondary N) is 1. The van der Waals surface area contributed by atoms with Crippen LogP contribution in [0.4, 0.5) is 14.5 Å². The van der Waals surface area contributed by atoms with Crippen molar-refractivity contribution in [1.82, 2.24) is 9.65 Å². The molecule has 39 heavy (non-hydrogen) atoms. The zero-order valence-electron chi connectivity index (χ0n) is 21.6. The molecule has 210 valence electrons. The van der Waals surface area contributed by atoms with E-state index in [4.69, 9.17) is 13.8 Å². The Balaban J connectivity index is 0.00000420. The normalized spacial score (nSPS) is 17.2. The molecule has 0 spiro atoms. The van der Waals surface area contributed by atoms with Crippen molar-refractivity contribution in [3.05, 3.63) is 45.3 Å². The second-order valence-corrected chi connectivity index (χ2v) is 11.0. The molecule has 2 aromatic rings. The monoisotopic (exact) mass is 579 g/mol. The van der Waals surface area contributed by atoms with E-state index >= 15 is 8.78 Å². The predicted octanol–water partition coefficient (Wildman–Crippen LogP) is 4.13. The summed E-state index contributed by atoms with van der Waals surface area (Å²) < 4.78 is 61.0. The first-order valence-corrected chi connectivity index (χ1v) is 14.1. The number of halogens is 2. The van der Waals surface area contributed by atoms with E-state index in [0.29, 0.717) is 30.5 Å². The van der Waals surface area contributed by atoms with E-state index in [1.807, 2.05) is 0 Å². The average Bonchev–Trinajstić information content (AvgIpc) is 3.73. The number of aromatic nitrogens is 1. The minimum absolute atomic E-state index is 0. The van der Waals surface area contributed by atoms with Crippen LogP contribution in [0.1, 0.15) is 55.9 Å². The van der Waals surface area contributed by atoms with Gasteiger partial charge >= 0.3 is 43.3 Å². The van der Waals surface area contributed by atoms with Gasteiger partial charge in [-0.2, -0.15) is 0 Å². The van der Waals surface area contributed by atoms with Gasteiger partial charge in [0.25, 0.3) is 0 Å². The van der Waals surface area contributed by atoms with Gasteiger partial charge in [-0.15, -0.1) is 0 Å². The number of hydrogen-bond donors (Lipinski definition) is 2. The molecule has 1 aromatic heterocycles. The third kappa shape index (κ3) is 6.75. The molecule has 0 radical (unpaired) electrons. The number of carboxylic acid groups (broad SMARTS) is 1. The maximum atomic E-state index is 15.6. The maximum absolute atomic E-state index is 15.6. The number of fused-ring (bicyclic) bond motifs is 1. The summed E-state index contributed by atoms with van der Waals surface area (Å²) in [6, 6.07) is 1.01. The summed E-state index contributed by atoms with van der Waals surface area (Å²) in [7, 11) is -2.31. The molecule has 2 aliphatic rings. The summed E-state index contributed by atoms with van der Waals surface area (Å²) in [5, 5.41) is 12.0. The fourth-order valence-electron chi connectivity index (χ4n) is 4.77. The molecule has 1 saturated carbocycles. The van der Waals surface area contributed by atoms with Crippen molar-refractivity contribution in [2.24, 2.45) is 0 Å². The van der Waals surface area contributed by atoms with E-state index in [-0.39, 0.29) is 78.7 Å². The summed E-state index contributed by atoms with van der Waals surface area (Å²) in [6.45, 7) is 3.61. The average molecular weight is 580 g/mol. The van der Waals surface area contributed by atoms with E-state index in [1.54, 1.807) is 23.3 Å². The van der Waals surface area contributed by atoms with Crippen LogP contribution in [-0.4, -0.2) is 85.2 Å². The van der Waals surface area contributed by atoms with Gasteiger partial charge in [0.15, 0.2) is 11.6 Å². The molecule has 2 heterocycles. The Kier molecular flexibility index (Phi) is 10.8. The van der Waals surface area contributed by atoms with Crippen molar-refractivity contribution in [2.45, 2.75) is 45.6 Å². The molecule has 1 aromatic carbocycles. The number of carbonyl (C=O) groups is 1. The van der Waals surface area contributed by atoms with Gasteiger partial charge in [0, 0.05) is 25.3 Å². The molecular formula is C25H33F2N3NaO7P. The minimum atomic E-state index is -3.66. The van der Waals surface area contributed by atoms with Crippen molar-refractivity contribution in [3.8, 4) is 5.75 Å². The van der Waals surface area contributed by atoms with E-state index in [2.05, 4.69) is 5.09 Å². The van der Waals surface area contributed by atoms with Crippen LogP contribution >= 0.6 is 7.75 Å². The molecule has 0 bridgehead atoms. The fraction of sp³-hybridized carbons (Fsp3) is 0.520. The summed E-state index contributed by atoms with van der Waals surface area (Å²) in [5.74, 6) is -2.61. The first kappa shape index (κ1) is 31.7. The Bertz CT molecular complexity index is 1370. The summed E-state index contributed by atoms with van der Waals surface area (Å²) >= 11 is 0. The van der Waals surface area contributed by atoms with Gasteiger partial charge in [0.2, 0.25) is 5.43 Å². The molecule has 0 unspecified atom stereocenters. The number of pyridine rings is 1. The molecular weight excluding hydrogens is 546 g/mol. The molecule has 0 amide bonds. The number of piperidine rings is 1. The fourth-order valence-corrected chi connectivity index (χ4v) is 6.04. The number of aromatic carboxylic acids is 1. The molecule has 1 aliphatic heterocycles.